The fourth-order valence-corrected chi connectivity index (χ4v) is 1.84. The van der Waals surface area contributed by atoms with E-state index in [1.165, 1.54) is 0 Å². The molecule has 0 spiro atoms. The summed E-state index contributed by atoms with van der Waals surface area (Å²) in [6, 6.07) is 3.42. The van der Waals surface area contributed by atoms with Gasteiger partial charge in [-0.25, -0.2) is 0 Å². The van der Waals surface area contributed by atoms with Gasteiger partial charge in [0, 0.05) is 18.4 Å². The van der Waals surface area contributed by atoms with E-state index in [4.69, 9.17) is 5.11 Å². The average Bonchev–Trinajstić information content (AvgIpc) is 3.10. The fraction of sp³-hybridized carbons (Fsp3) is 0.500. The Hall–Kier alpha value is -1.42. The molecule has 1 fully saturated rings. The molecule has 16 heavy (non-hydrogen) atoms. The summed E-state index contributed by atoms with van der Waals surface area (Å²) in [5.74, 6) is -0.449. The second kappa shape index (κ2) is 4.61. The van der Waals surface area contributed by atoms with Crippen LogP contribution < -0.4 is 5.32 Å². The van der Waals surface area contributed by atoms with Crippen LogP contribution in [-0.4, -0.2) is 22.1 Å². The summed E-state index contributed by atoms with van der Waals surface area (Å²) < 4.78 is 0. The first-order valence-electron chi connectivity index (χ1n) is 5.57. The Balaban J connectivity index is 2.00. The maximum absolute atomic E-state index is 11.1. The van der Waals surface area contributed by atoms with Crippen molar-refractivity contribution in [3.8, 4) is 0 Å². The van der Waals surface area contributed by atoms with E-state index in [9.17, 15) is 4.79 Å². The Morgan fingerprint density at radius 1 is 1.62 bits per heavy atom. The molecule has 1 heterocycles. The van der Waals surface area contributed by atoms with Crippen LogP contribution in [0.25, 0.3) is 0 Å². The summed E-state index contributed by atoms with van der Waals surface area (Å²) in [4.78, 5) is 15.1. The minimum absolute atomic E-state index is 0.0235. The van der Waals surface area contributed by atoms with Crippen molar-refractivity contribution < 1.29 is 9.90 Å². The highest BCUT2D eigenvalue weighted by atomic mass is 16.4. The second-order valence-corrected chi connectivity index (χ2v) is 4.33. The lowest BCUT2D eigenvalue weighted by Gasteiger charge is -2.19. The normalized spacial score (nSPS) is 19.1. The van der Waals surface area contributed by atoms with E-state index in [-0.39, 0.29) is 6.04 Å². The summed E-state index contributed by atoms with van der Waals surface area (Å²) in [5.41, 5.74) is 1.02. The Morgan fingerprint density at radius 3 is 2.88 bits per heavy atom. The lowest BCUT2D eigenvalue weighted by Crippen LogP contribution is -2.40. The molecule has 4 heteroatoms. The molecule has 4 nitrogen and oxygen atoms in total. The van der Waals surface area contributed by atoms with Crippen molar-refractivity contribution >= 4 is 5.97 Å². The molecule has 86 valence electrons. The molecular formula is C12H16N2O2. The van der Waals surface area contributed by atoms with Crippen LogP contribution in [0.5, 0.6) is 0 Å². The van der Waals surface area contributed by atoms with Crippen molar-refractivity contribution in [3.63, 3.8) is 0 Å². The molecule has 0 radical (unpaired) electrons. The van der Waals surface area contributed by atoms with E-state index in [0.29, 0.717) is 5.92 Å². The molecule has 2 atom stereocenters. The molecule has 1 aromatic rings. The van der Waals surface area contributed by atoms with E-state index in [1.54, 1.807) is 12.4 Å². The monoisotopic (exact) mass is 220 g/mol. The summed E-state index contributed by atoms with van der Waals surface area (Å²) in [6.45, 7) is 1.97. The van der Waals surface area contributed by atoms with Crippen LogP contribution >= 0.6 is 0 Å². The standard InChI is InChI=1S/C12H16N2O2/c1-8(10-3-2-6-13-7-10)14-11(12(15)16)9-4-5-9/h2-3,6-9,11,14H,4-5H2,1H3,(H,15,16)/t8-,11?/m1/s1. The first-order valence-corrected chi connectivity index (χ1v) is 5.57. The molecule has 1 unspecified atom stereocenters. The topological polar surface area (TPSA) is 62.2 Å². The molecule has 1 aliphatic rings. The summed E-state index contributed by atoms with van der Waals surface area (Å²) in [6.07, 6.45) is 5.52. The van der Waals surface area contributed by atoms with E-state index in [1.807, 2.05) is 19.1 Å². The van der Waals surface area contributed by atoms with Gasteiger partial charge < -0.3 is 5.11 Å². The highest BCUT2D eigenvalue weighted by Gasteiger charge is 2.36. The van der Waals surface area contributed by atoms with Gasteiger partial charge in [-0.1, -0.05) is 6.07 Å². The first kappa shape index (κ1) is 11.1. The Bertz CT molecular complexity index is 363. The van der Waals surface area contributed by atoms with Crippen LogP contribution in [0.1, 0.15) is 31.4 Å². The molecule has 0 aromatic carbocycles. The van der Waals surface area contributed by atoms with Crippen LogP contribution in [0.2, 0.25) is 0 Å². The minimum atomic E-state index is -0.752. The number of nitrogens with zero attached hydrogens (tertiary/aromatic N) is 1. The molecule has 0 amide bonds. The fourth-order valence-electron chi connectivity index (χ4n) is 1.84. The minimum Gasteiger partial charge on any atom is -0.480 e. The van der Waals surface area contributed by atoms with Crippen molar-refractivity contribution in [2.24, 2.45) is 5.92 Å². The number of pyridine rings is 1. The van der Waals surface area contributed by atoms with Gasteiger partial charge >= 0.3 is 5.97 Å². The zero-order chi connectivity index (χ0) is 11.5. The van der Waals surface area contributed by atoms with Crippen molar-refractivity contribution in [1.82, 2.24) is 10.3 Å². The number of carboxylic acids is 1. The Morgan fingerprint density at radius 2 is 2.38 bits per heavy atom. The van der Waals surface area contributed by atoms with Gasteiger partial charge in [0.1, 0.15) is 6.04 Å². The SMILES string of the molecule is C[C@@H](NC(C(=O)O)C1CC1)c1cccnc1. The van der Waals surface area contributed by atoms with Crippen LogP contribution in [0.15, 0.2) is 24.5 Å². The molecule has 0 bridgehead atoms. The number of carboxylic acid groups (broad SMARTS) is 1. The maximum Gasteiger partial charge on any atom is 0.320 e. The number of hydrogen-bond acceptors (Lipinski definition) is 3. The van der Waals surface area contributed by atoms with E-state index >= 15 is 0 Å². The van der Waals surface area contributed by atoms with Gasteiger partial charge in [0.25, 0.3) is 0 Å². The first-order chi connectivity index (χ1) is 7.68. The summed E-state index contributed by atoms with van der Waals surface area (Å²) >= 11 is 0. The summed E-state index contributed by atoms with van der Waals surface area (Å²) in [5, 5.41) is 12.3. The Labute approximate surface area is 94.7 Å². The van der Waals surface area contributed by atoms with Crippen molar-refractivity contribution in [2.75, 3.05) is 0 Å². The zero-order valence-corrected chi connectivity index (χ0v) is 9.26. The van der Waals surface area contributed by atoms with Gasteiger partial charge in [-0.3, -0.25) is 15.1 Å². The van der Waals surface area contributed by atoms with Crippen LogP contribution in [0, 0.1) is 5.92 Å². The second-order valence-electron chi connectivity index (χ2n) is 4.33. The number of nitrogens with one attached hydrogen (secondary N) is 1. The van der Waals surface area contributed by atoms with E-state index < -0.39 is 12.0 Å². The van der Waals surface area contributed by atoms with Gasteiger partial charge in [0.05, 0.1) is 0 Å². The highest BCUT2D eigenvalue weighted by Crippen LogP contribution is 2.33. The third-order valence-corrected chi connectivity index (χ3v) is 2.97. The number of rotatable bonds is 5. The lowest BCUT2D eigenvalue weighted by molar-refractivity contribution is -0.140. The van der Waals surface area contributed by atoms with E-state index in [2.05, 4.69) is 10.3 Å². The number of carbonyl (C=O) groups is 1. The average molecular weight is 220 g/mol. The van der Waals surface area contributed by atoms with E-state index in [0.717, 1.165) is 18.4 Å². The molecule has 0 saturated heterocycles. The molecule has 2 rings (SSSR count). The Kier molecular flexibility index (Phi) is 3.19. The number of aromatic nitrogens is 1. The van der Waals surface area contributed by atoms with Crippen molar-refractivity contribution in [3.05, 3.63) is 30.1 Å². The quantitative estimate of drug-likeness (QED) is 0.791. The predicted octanol–water partition coefficient (Wildman–Crippen LogP) is 1.60. The third kappa shape index (κ3) is 2.58. The van der Waals surface area contributed by atoms with Gasteiger partial charge in [-0.2, -0.15) is 0 Å². The molecule has 1 aromatic heterocycles. The van der Waals surface area contributed by atoms with Crippen LogP contribution in [-0.2, 0) is 4.79 Å². The van der Waals surface area contributed by atoms with Gasteiger partial charge in [0.15, 0.2) is 0 Å². The molecule has 1 saturated carbocycles. The molecule has 1 aliphatic carbocycles. The van der Waals surface area contributed by atoms with Crippen molar-refractivity contribution in [1.29, 1.82) is 0 Å². The molecule has 0 aliphatic heterocycles. The maximum atomic E-state index is 11.1. The number of aliphatic carboxylic acids is 1. The zero-order valence-electron chi connectivity index (χ0n) is 9.26. The van der Waals surface area contributed by atoms with Crippen molar-refractivity contribution in [2.45, 2.75) is 31.8 Å². The lowest BCUT2D eigenvalue weighted by atomic mass is 10.1. The van der Waals surface area contributed by atoms with Gasteiger partial charge in [0.2, 0.25) is 0 Å². The largest absolute Gasteiger partial charge is 0.480 e. The van der Waals surface area contributed by atoms with Gasteiger partial charge in [-0.15, -0.1) is 0 Å². The van der Waals surface area contributed by atoms with Crippen LogP contribution in [0.4, 0.5) is 0 Å². The smallest absolute Gasteiger partial charge is 0.320 e. The number of hydrogen-bond donors (Lipinski definition) is 2. The van der Waals surface area contributed by atoms with Crippen LogP contribution in [0.3, 0.4) is 0 Å². The highest BCUT2D eigenvalue weighted by molar-refractivity contribution is 5.74. The third-order valence-electron chi connectivity index (χ3n) is 2.97. The molecular weight excluding hydrogens is 204 g/mol. The molecule has 2 N–H and O–H groups in total. The van der Waals surface area contributed by atoms with Gasteiger partial charge in [-0.05, 0) is 37.3 Å². The summed E-state index contributed by atoms with van der Waals surface area (Å²) in [7, 11) is 0. The predicted molar refractivity (Wildman–Crippen MR) is 59.9 cm³/mol.